The number of carbonyl (C=O) groups excluding carboxylic acids is 1. The molecule has 0 saturated carbocycles. The highest BCUT2D eigenvalue weighted by atomic mass is 16.5. The minimum atomic E-state index is 0.0128. The minimum Gasteiger partial charge on any atom is -0.337 e. The van der Waals surface area contributed by atoms with E-state index in [0.29, 0.717) is 18.1 Å². The van der Waals surface area contributed by atoms with Crippen LogP contribution in [0.4, 0.5) is 0 Å². The van der Waals surface area contributed by atoms with Crippen molar-refractivity contribution in [1.29, 1.82) is 0 Å². The predicted octanol–water partition coefficient (Wildman–Crippen LogP) is 2.48. The molecule has 4 rings (SSSR count). The van der Waals surface area contributed by atoms with Crippen LogP contribution in [0.2, 0.25) is 0 Å². The normalized spacial score (nSPS) is 16.1. The average Bonchev–Trinajstić information content (AvgIpc) is 3.42. The number of pyridine rings is 1. The summed E-state index contributed by atoms with van der Waals surface area (Å²) in [6.07, 6.45) is 6.05. The van der Waals surface area contributed by atoms with Gasteiger partial charge in [-0.05, 0) is 55.1 Å². The molecule has 3 aromatic rings. The maximum absolute atomic E-state index is 12.6. The van der Waals surface area contributed by atoms with E-state index in [0.717, 1.165) is 36.6 Å². The number of benzene rings is 1. The van der Waals surface area contributed by atoms with Crippen LogP contribution in [0, 0.1) is 5.92 Å². The molecule has 29 heavy (non-hydrogen) atoms. The lowest BCUT2D eigenvalue weighted by Gasteiger charge is -2.15. The second-order valence-electron chi connectivity index (χ2n) is 7.56. The molecule has 1 aliphatic rings. The van der Waals surface area contributed by atoms with Crippen LogP contribution in [-0.4, -0.2) is 46.1 Å². The highest BCUT2D eigenvalue weighted by Gasteiger charge is 2.17. The van der Waals surface area contributed by atoms with Gasteiger partial charge in [0.15, 0.2) is 0 Å². The molecule has 1 unspecified atom stereocenters. The Kier molecular flexibility index (Phi) is 5.95. The van der Waals surface area contributed by atoms with Gasteiger partial charge in [0.1, 0.15) is 0 Å². The zero-order valence-electron chi connectivity index (χ0n) is 16.5. The Morgan fingerprint density at radius 3 is 2.79 bits per heavy atom. The highest BCUT2D eigenvalue weighted by Crippen LogP contribution is 2.17. The average molecular weight is 391 g/mol. The largest absolute Gasteiger partial charge is 0.337 e. The Balaban J connectivity index is 1.31. The second kappa shape index (κ2) is 8.96. The van der Waals surface area contributed by atoms with E-state index < -0.39 is 0 Å². The van der Waals surface area contributed by atoms with Gasteiger partial charge in [0, 0.05) is 25.0 Å². The third kappa shape index (κ3) is 5.06. The first-order valence-corrected chi connectivity index (χ1v) is 9.93. The molecule has 1 saturated heterocycles. The molecule has 1 aliphatic heterocycles. The van der Waals surface area contributed by atoms with Gasteiger partial charge in [-0.3, -0.25) is 9.78 Å². The van der Waals surface area contributed by atoms with Crippen LogP contribution in [0.1, 0.15) is 23.4 Å². The standard InChI is InChI=1S/C22H25N5O2/c1-27(15-20-25-22(26-29-20)19-3-2-9-23-14-19)21(28)12-17-6-4-16(5-7-17)11-18-8-10-24-13-18/h2-7,9,14,18,24H,8,10-13,15H2,1H3. The number of carbonyl (C=O) groups is 1. The Morgan fingerprint density at radius 1 is 1.24 bits per heavy atom. The van der Waals surface area contributed by atoms with Crippen LogP contribution in [0.25, 0.3) is 11.4 Å². The lowest BCUT2D eigenvalue weighted by Crippen LogP contribution is -2.27. The molecular formula is C22H25N5O2. The van der Waals surface area contributed by atoms with Crippen molar-refractivity contribution < 1.29 is 9.32 Å². The summed E-state index contributed by atoms with van der Waals surface area (Å²) >= 11 is 0. The number of likely N-dealkylation sites (N-methyl/N-ethyl adjacent to an activating group) is 1. The fourth-order valence-electron chi connectivity index (χ4n) is 3.55. The summed E-state index contributed by atoms with van der Waals surface area (Å²) in [5.41, 5.74) is 3.12. The molecule has 0 aliphatic carbocycles. The van der Waals surface area contributed by atoms with E-state index in [1.165, 1.54) is 12.0 Å². The molecule has 2 aromatic heterocycles. The van der Waals surface area contributed by atoms with Gasteiger partial charge in [-0.1, -0.05) is 29.4 Å². The molecule has 1 fully saturated rings. The minimum absolute atomic E-state index is 0.0128. The van der Waals surface area contributed by atoms with Crippen molar-refractivity contribution >= 4 is 5.91 Å². The van der Waals surface area contributed by atoms with Gasteiger partial charge in [0.2, 0.25) is 17.6 Å². The van der Waals surface area contributed by atoms with Crippen LogP contribution in [0.3, 0.4) is 0 Å². The van der Waals surface area contributed by atoms with Crippen LogP contribution >= 0.6 is 0 Å². The van der Waals surface area contributed by atoms with Crippen LogP contribution < -0.4 is 5.32 Å². The monoisotopic (exact) mass is 391 g/mol. The lowest BCUT2D eigenvalue weighted by molar-refractivity contribution is -0.130. The van der Waals surface area contributed by atoms with Gasteiger partial charge in [-0.2, -0.15) is 4.98 Å². The number of aromatic nitrogens is 3. The zero-order valence-corrected chi connectivity index (χ0v) is 16.5. The maximum atomic E-state index is 12.6. The first-order valence-electron chi connectivity index (χ1n) is 9.93. The van der Waals surface area contributed by atoms with Gasteiger partial charge in [0.05, 0.1) is 13.0 Å². The fourth-order valence-corrected chi connectivity index (χ4v) is 3.55. The Hall–Kier alpha value is -3.06. The Morgan fingerprint density at radius 2 is 2.07 bits per heavy atom. The van der Waals surface area contributed by atoms with E-state index in [4.69, 9.17) is 4.52 Å². The number of amides is 1. The van der Waals surface area contributed by atoms with Gasteiger partial charge < -0.3 is 14.7 Å². The highest BCUT2D eigenvalue weighted by molar-refractivity contribution is 5.78. The van der Waals surface area contributed by atoms with Crippen molar-refractivity contribution in [3.8, 4) is 11.4 Å². The molecule has 0 bridgehead atoms. The summed E-state index contributed by atoms with van der Waals surface area (Å²) in [5, 5.41) is 7.37. The summed E-state index contributed by atoms with van der Waals surface area (Å²) in [5.74, 6) is 1.61. The van der Waals surface area contributed by atoms with E-state index in [-0.39, 0.29) is 12.5 Å². The summed E-state index contributed by atoms with van der Waals surface area (Å²) in [6.45, 7) is 2.50. The van der Waals surface area contributed by atoms with Crippen molar-refractivity contribution in [2.45, 2.75) is 25.8 Å². The molecule has 150 valence electrons. The summed E-state index contributed by atoms with van der Waals surface area (Å²) in [6, 6.07) is 12.1. The number of nitrogens with zero attached hydrogens (tertiary/aromatic N) is 4. The fraction of sp³-hybridized carbons (Fsp3) is 0.364. The van der Waals surface area contributed by atoms with Crippen LogP contribution in [-0.2, 0) is 24.2 Å². The van der Waals surface area contributed by atoms with Gasteiger partial charge in [0.25, 0.3) is 0 Å². The molecule has 1 aromatic carbocycles. The van der Waals surface area contributed by atoms with Gasteiger partial charge in [-0.15, -0.1) is 0 Å². The predicted molar refractivity (Wildman–Crippen MR) is 109 cm³/mol. The topological polar surface area (TPSA) is 84.2 Å². The molecule has 7 heteroatoms. The van der Waals surface area contributed by atoms with Crippen molar-refractivity contribution in [2.75, 3.05) is 20.1 Å². The second-order valence-corrected chi connectivity index (χ2v) is 7.56. The molecule has 1 atom stereocenters. The van der Waals surface area contributed by atoms with Gasteiger partial charge in [-0.25, -0.2) is 0 Å². The molecule has 3 heterocycles. The molecule has 1 amide bonds. The van der Waals surface area contributed by atoms with Crippen molar-refractivity contribution in [3.63, 3.8) is 0 Å². The number of nitrogens with one attached hydrogen (secondary N) is 1. The van der Waals surface area contributed by atoms with E-state index in [9.17, 15) is 4.79 Å². The molecular weight excluding hydrogens is 366 g/mol. The number of hydrogen-bond acceptors (Lipinski definition) is 6. The van der Waals surface area contributed by atoms with Crippen LogP contribution in [0.5, 0.6) is 0 Å². The lowest BCUT2D eigenvalue weighted by atomic mass is 9.97. The summed E-state index contributed by atoms with van der Waals surface area (Å²) < 4.78 is 5.28. The van der Waals surface area contributed by atoms with Crippen molar-refractivity contribution in [2.24, 2.45) is 5.92 Å². The molecule has 7 nitrogen and oxygen atoms in total. The van der Waals surface area contributed by atoms with Gasteiger partial charge >= 0.3 is 0 Å². The SMILES string of the molecule is CN(Cc1nc(-c2cccnc2)no1)C(=O)Cc1ccc(CC2CCNC2)cc1. The molecule has 0 spiro atoms. The molecule has 0 radical (unpaired) electrons. The smallest absolute Gasteiger partial charge is 0.246 e. The van der Waals surface area contributed by atoms with E-state index >= 15 is 0 Å². The third-order valence-corrected chi connectivity index (χ3v) is 5.25. The number of hydrogen-bond donors (Lipinski definition) is 1. The van der Waals surface area contributed by atoms with Crippen molar-refractivity contribution in [3.05, 3.63) is 65.8 Å². The summed E-state index contributed by atoms with van der Waals surface area (Å²) in [4.78, 5) is 22.6. The Bertz CT molecular complexity index is 933. The molecule has 1 N–H and O–H groups in total. The third-order valence-electron chi connectivity index (χ3n) is 5.25. The quantitative estimate of drug-likeness (QED) is 0.666. The first kappa shape index (κ1) is 19.3. The number of rotatable bonds is 7. The van der Waals surface area contributed by atoms with E-state index in [1.807, 2.05) is 12.1 Å². The van der Waals surface area contributed by atoms with E-state index in [2.05, 4.69) is 44.7 Å². The zero-order chi connectivity index (χ0) is 20.1. The van der Waals surface area contributed by atoms with Crippen molar-refractivity contribution in [1.82, 2.24) is 25.3 Å². The van der Waals surface area contributed by atoms with Crippen LogP contribution in [0.15, 0.2) is 53.3 Å². The first-order chi connectivity index (χ1) is 14.2. The van der Waals surface area contributed by atoms with E-state index in [1.54, 1.807) is 24.3 Å². The maximum Gasteiger partial charge on any atom is 0.246 e. The Labute approximate surface area is 170 Å². The summed E-state index contributed by atoms with van der Waals surface area (Å²) in [7, 11) is 1.75.